The lowest BCUT2D eigenvalue weighted by atomic mass is 10.2. The number of nitrogens with two attached hydrogens (primary N) is 1. The maximum Gasteiger partial charge on any atom is 0.157 e. The lowest BCUT2D eigenvalue weighted by Gasteiger charge is -2.10. The zero-order valence-corrected chi connectivity index (χ0v) is 10.8. The van der Waals surface area contributed by atoms with Crippen molar-refractivity contribution in [3.8, 4) is 5.75 Å². The summed E-state index contributed by atoms with van der Waals surface area (Å²) in [5, 5.41) is 0.698. The zero-order valence-electron chi connectivity index (χ0n) is 9.29. The molecule has 0 bridgehead atoms. The van der Waals surface area contributed by atoms with Crippen LogP contribution < -0.4 is 10.5 Å². The number of hydrogen-bond acceptors (Lipinski definition) is 2. The summed E-state index contributed by atoms with van der Waals surface area (Å²) in [7, 11) is 0. The highest BCUT2D eigenvalue weighted by atomic mass is 35.5. The lowest BCUT2D eigenvalue weighted by molar-refractivity contribution is 0.306. The molecule has 0 aromatic heterocycles. The zero-order chi connectivity index (χ0) is 13.1. The van der Waals surface area contributed by atoms with Crippen molar-refractivity contribution in [3.05, 3.63) is 57.8 Å². The summed E-state index contributed by atoms with van der Waals surface area (Å²) in [5.74, 6) is 0.0826. The van der Waals surface area contributed by atoms with Gasteiger partial charge in [0.05, 0.1) is 10.0 Å². The molecule has 0 aliphatic rings. The molecule has 0 spiro atoms. The molecule has 0 fully saturated rings. The van der Waals surface area contributed by atoms with Crippen LogP contribution in [0.5, 0.6) is 5.75 Å². The molecule has 2 N–H and O–H groups in total. The van der Waals surface area contributed by atoms with E-state index >= 15 is 0 Å². The molecule has 94 valence electrons. The molecule has 2 rings (SSSR count). The Kier molecular flexibility index (Phi) is 3.94. The minimum Gasteiger partial charge on any atom is -0.486 e. The van der Waals surface area contributed by atoms with Crippen molar-refractivity contribution in [1.29, 1.82) is 0 Å². The summed E-state index contributed by atoms with van der Waals surface area (Å²) >= 11 is 12.0. The number of benzene rings is 2. The van der Waals surface area contributed by atoms with Crippen molar-refractivity contribution in [3.63, 3.8) is 0 Å². The summed E-state index contributed by atoms with van der Waals surface area (Å²) in [6, 6.07) is 9.12. The molecule has 0 saturated carbocycles. The summed E-state index contributed by atoms with van der Waals surface area (Å²) < 4.78 is 18.2. The SMILES string of the molecule is Nc1cc(Cl)c(OCc2ccc(F)cc2)c(Cl)c1. The normalized spacial score (nSPS) is 10.4. The second-order valence-electron chi connectivity index (χ2n) is 3.73. The predicted octanol–water partition coefficient (Wildman–Crippen LogP) is 4.29. The van der Waals surface area contributed by atoms with Gasteiger partial charge in [0.2, 0.25) is 0 Å². The van der Waals surface area contributed by atoms with Gasteiger partial charge in [-0.3, -0.25) is 0 Å². The Morgan fingerprint density at radius 3 is 2.17 bits per heavy atom. The molecule has 2 nitrogen and oxygen atoms in total. The van der Waals surface area contributed by atoms with Crippen molar-refractivity contribution in [2.24, 2.45) is 0 Å². The molecular weight excluding hydrogens is 276 g/mol. The number of halogens is 3. The maximum absolute atomic E-state index is 12.7. The third-order valence-electron chi connectivity index (χ3n) is 2.32. The standard InChI is InChI=1S/C13H10Cl2FNO/c14-11-5-10(17)6-12(15)13(11)18-7-8-1-3-9(16)4-2-8/h1-6H,7,17H2. The number of ether oxygens (including phenoxy) is 1. The first-order chi connectivity index (χ1) is 8.56. The van der Waals surface area contributed by atoms with E-state index in [1.807, 2.05) is 0 Å². The van der Waals surface area contributed by atoms with Gasteiger partial charge in [-0.15, -0.1) is 0 Å². The van der Waals surface area contributed by atoms with Crippen LogP contribution in [-0.2, 0) is 6.61 Å². The molecule has 5 heteroatoms. The molecule has 0 radical (unpaired) electrons. The van der Waals surface area contributed by atoms with Crippen molar-refractivity contribution in [2.75, 3.05) is 5.73 Å². The van der Waals surface area contributed by atoms with Crippen molar-refractivity contribution >= 4 is 28.9 Å². The fourth-order valence-electron chi connectivity index (χ4n) is 1.45. The number of nitrogen functional groups attached to an aromatic ring is 1. The largest absolute Gasteiger partial charge is 0.486 e. The van der Waals surface area contributed by atoms with Crippen LogP contribution in [0.1, 0.15) is 5.56 Å². The van der Waals surface area contributed by atoms with Crippen molar-refractivity contribution in [1.82, 2.24) is 0 Å². The van der Waals surface area contributed by atoms with Gasteiger partial charge in [0.15, 0.2) is 5.75 Å². The highest BCUT2D eigenvalue weighted by Gasteiger charge is 2.09. The van der Waals surface area contributed by atoms with Gasteiger partial charge >= 0.3 is 0 Å². The average Bonchev–Trinajstić information content (AvgIpc) is 2.30. The number of hydrogen-bond donors (Lipinski definition) is 1. The molecule has 0 unspecified atom stereocenters. The molecule has 18 heavy (non-hydrogen) atoms. The monoisotopic (exact) mass is 285 g/mol. The van der Waals surface area contributed by atoms with Crippen LogP contribution in [0.3, 0.4) is 0 Å². The molecule has 2 aromatic carbocycles. The molecule has 0 heterocycles. The average molecular weight is 286 g/mol. The topological polar surface area (TPSA) is 35.2 Å². The van der Waals surface area contributed by atoms with Gasteiger partial charge in [0.25, 0.3) is 0 Å². The van der Waals surface area contributed by atoms with Crippen LogP contribution >= 0.6 is 23.2 Å². The highest BCUT2D eigenvalue weighted by Crippen LogP contribution is 2.35. The number of anilines is 1. The van der Waals surface area contributed by atoms with Crippen molar-refractivity contribution in [2.45, 2.75) is 6.61 Å². The van der Waals surface area contributed by atoms with E-state index in [4.69, 9.17) is 33.7 Å². The third kappa shape index (κ3) is 3.06. The minimum atomic E-state index is -0.290. The Labute approximate surface area is 114 Å². The summed E-state index contributed by atoms with van der Waals surface area (Å²) in [6.07, 6.45) is 0. The smallest absolute Gasteiger partial charge is 0.157 e. The van der Waals surface area contributed by atoms with Gasteiger partial charge in [0, 0.05) is 5.69 Å². The van der Waals surface area contributed by atoms with Crippen LogP contribution in [0.25, 0.3) is 0 Å². The maximum atomic E-state index is 12.7. The first kappa shape index (κ1) is 13.0. The Morgan fingerprint density at radius 1 is 1.06 bits per heavy atom. The fourth-order valence-corrected chi connectivity index (χ4v) is 2.07. The van der Waals surface area contributed by atoms with E-state index in [-0.39, 0.29) is 12.4 Å². The molecule has 0 aliphatic carbocycles. The first-order valence-corrected chi connectivity index (χ1v) is 5.93. The highest BCUT2D eigenvalue weighted by molar-refractivity contribution is 6.37. The van der Waals surface area contributed by atoms with E-state index < -0.39 is 0 Å². The van der Waals surface area contributed by atoms with Gasteiger partial charge in [-0.2, -0.15) is 0 Å². The van der Waals surface area contributed by atoms with Gasteiger partial charge in [-0.1, -0.05) is 35.3 Å². The minimum absolute atomic E-state index is 0.254. The quantitative estimate of drug-likeness (QED) is 0.854. The van der Waals surface area contributed by atoms with Crippen LogP contribution in [0.4, 0.5) is 10.1 Å². The summed E-state index contributed by atoms with van der Waals surface area (Å²) in [5.41, 5.74) is 6.88. The molecular formula is C13H10Cl2FNO. The van der Waals surface area contributed by atoms with Gasteiger partial charge < -0.3 is 10.5 Å². The number of rotatable bonds is 3. The van der Waals surface area contributed by atoms with Crippen LogP contribution in [0, 0.1) is 5.82 Å². The Bertz CT molecular complexity index is 534. The molecule has 2 aromatic rings. The molecule has 0 amide bonds. The van der Waals surface area contributed by atoms with Gasteiger partial charge in [-0.25, -0.2) is 4.39 Å². The van der Waals surface area contributed by atoms with E-state index in [1.165, 1.54) is 12.1 Å². The van der Waals surface area contributed by atoms with Crippen LogP contribution in [-0.4, -0.2) is 0 Å². The van der Waals surface area contributed by atoms with Gasteiger partial charge in [0.1, 0.15) is 12.4 Å². The Hall–Kier alpha value is -1.45. The van der Waals surface area contributed by atoms with E-state index in [0.717, 1.165) is 5.56 Å². The van der Waals surface area contributed by atoms with Crippen LogP contribution in [0.2, 0.25) is 10.0 Å². The van der Waals surface area contributed by atoms with E-state index in [9.17, 15) is 4.39 Å². The predicted molar refractivity (Wildman–Crippen MR) is 71.6 cm³/mol. The van der Waals surface area contributed by atoms with Crippen molar-refractivity contribution < 1.29 is 9.13 Å². The summed E-state index contributed by atoms with van der Waals surface area (Å²) in [6.45, 7) is 0.254. The molecule has 0 aliphatic heterocycles. The van der Waals surface area contributed by atoms with E-state index in [2.05, 4.69) is 0 Å². The molecule has 0 atom stereocenters. The van der Waals surface area contributed by atoms with E-state index in [1.54, 1.807) is 24.3 Å². The fraction of sp³-hybridized carbons (Fsp3) is 0.0769. The Morgan fingerprint density at radius 2 is 1.61 bits per heavy atom. The van der Waals surface area contributed by atoms with E-state index in [0.29, 0.717) is 21.5 Å². The third-order valence-corrected chi connectivity index (χ3v) is 2.88. The van der Waals surface area contributed by atoms with Gasteiger partial charge in [-0.05, 0) is 29.8 Å². The van der Waals surface area contributed by atoms with Crippen LogP contribution in [0.15, 0.2) is 36.4 Å². The second kappa shape index (κ2) is 5.46. The lowest BCUT2D eigenvalue weighted by Crippen LogP contribution is -1.97. The first-order valence-electron chi connectivity index (χ1n) is 5.18. The summed E-state index contributed by atoms with van der Waals surface area (Å²) in [4.78, 5) is 0. The Balaban J connectivity index is 2.13. The second-order valence-corrected chi connectivity index (χ2v) is 4.54. The molecule has 0 saturated heterocycles.